The summed E-state index contributed by atoms with van der Waals surface area (Å²) in [5.74, 6) is -1.41. The maximum atomic E-state index is 13.4. The number of thiol groups is 1. The standard InChI is InChI=1S/C31H41N5O5S/c1-19(2)18-22(26(37)35-25(31(3,4)5)28(39)34-24-15-8-10-16-32-24)33-27(38)23(42)14-9-11-17-36-29(40)20-12-6-7-13-21(20)30(36)41/h6-8,10,12-13,15-16,19,22-23,25,42H,9,11,14,17-18H2,1-5H3,(H,33,38)(H,35,37)(H,32,34,39)/t22-,23-,25?/m0/s1. The average Bonchev–Trinajstić information content (AvgIpc) is 3.17. The molecule has 1 aliphatic heterocycles. The highest BCUT2D eigenvalue weighted by atomic mass is 32.1. The quantitative estimate of drug-likeness (QED) is 0.158. The molecular formula is C31H41N5O5S. The molecule has 1 aromatic carbocycles. The van der Waals surface area contributed by atoms with Crippen molar-refractivity contribution in [2.45, 2.75) is 77.6 Å². The number of rotatable bonds is 13. The van der Waals surface area contributed by atoms with Crippen LogP contribution >= 0.6 is 12.6 Å². The van der Waals surface area contributed by atoms with Crippen molar-refractivity contribution in [1.29, 1.82) is 0 Å². The number of fused-ring (bicyclic) bond motifs is 1. The summed E-state index contributed by atoms with van der Waals surface area (Å²) in [6.07, 6.45) is 3.40. The highest BCUT2D eigenvalue weighted by Crippen LogP contribution is 2.24. The highest BCUT2D eigenvalue weighted by molar-refractivity contribution is 7.81. The number of nitrogens with one attached hydrogen (secondary N) is 3. The molecule has 0 radical (unpaired) electrons. The highest BCUT2D eigenvalue weighted by Gasteiger charge is 2.36. The number of imide groups is 1. The Morgan fingerprint density at radius 1 is 0.881 bits per heavy atom. The van der Waals surface area contributed by atoms with Crippen LogP contribution in [0.2, 0.25) is 0 Å². The van der Waals surface area contributed by atoms with Crippen LogP contribution < -0.4 is 16.0 Å². The summed E-state index contributed by atoms with van der Waals surface area (Å²) < 4.78 is 0. The van der Waals surface area contributed by atoms with Crippen LogP contribution in [0.3, 0.4) is 0 Å². The van der Waals surface area contributed by atoms with Crippen LogP contribution in [0.1, 0.15) is 81.0 Å². The molecule has 0 saturated carbocycles. The predicted octanol–water partition coefficient (Wildman–Crippen LogP) is 3.85. The molecule has 3 N–H and O–H groups in total. The number of aromatic nitrogens is 1. The number of hydrogen-bond donors (Lipinski definition) is 4. The lowest BCUT2D eigenvalue weighted by molar-refractivity contribution is -0.132. The van der Waals surface area contributed by atoms with Gasteiger partial charge in [-0.05, 0) is 54.9 Å². The van der Waals surface area contributed by atoms with Crippen LogP contribution in [-0.2, 0) is 14.4 Å². The zero-order chi connectivity index (χ0) is 31.0. The molecule has 1 aliphatic rings. The van der Waals surface area contributed by atoms with Crippen LogP contribution in [0.5, 0.6) is 0 Å². The van der Waals surface area contributed by atoms with E-state index in [1.165, 1.54) is 4.90 Å². The van der Waals surface area contributed by atoms with Gasteiger partial charge < -0.3 is 16.0 Å². The fraction of sp³-hybridized carbons (Fsp3) is 0.484. The van der Waals surface area contributed by atoms with Gasteiger partial charge in [0.25, 0.3) is 11.8 Å². The van der Waals surface area contributed by atoms with Gasteiger partial charge in [0.1, 0.15) is 17.9 Å². The smallest absolute Gasteiger partial charge is 0.261 e. The van der Waals surface area contributed by atoms with E-state index < -0.39 is 40.5 Å². The number of carbonyl (C=O) groups is 5. The van der Waals surface area contributed by atoms with Crippen LogP contribution in [-0.4, -0.2) is 63.3 Å². The van der Waals surface area contributed by atoms with Gasteiger partial charge >= 0.3 is 0 Å². The lowest BCUT2D eigenvalue weighted by Crippen LogP contribution is -2.57. The molecule has 0 aliphatic carbocycles. The van der Waals surface area contributed by atoms with E-state index in [0.29, 0.717) is 42.6 Å². The van der Waals surface area contributed by atoms with Crippen molar-refractivity contribution in [3.63, 3.8) is 0 Å². The fourth-order valence-electron chi connectivity index (χ4n) is 4.71. The molecule has 0 bridgehead atoms. The van der Waals surface area contributed by atoms with Gasteiger partial charge in [-0.3, -0.25) is 28.9 Å². The van der Waals surface area contributed by atoms with Crippen molar-refractivity contribution < 1.29 is 24.0 Å². The van der Waals surface area contributed by atoms with Crippen LogP contribution in [0.15, 0.2) is 48.7 Å². The van der Waals surface area contributed by atoms with E-state index in [4.69, 9.17) is 0 Å². The molecule has 2 aromatic rings. The van der Waals surface area contributed by atoms with E-state index in [-0.39, 0.29) is 24.3 Å². The number of nitrogens with zero attached hydrogens (tertiary/aromatic N) is 2. The maximum Gasteiger partial charge on any atom is 0.261 e. The zero-order valence-corrected chi connectivity index (χ0v) is 25.7. The first-order chi connectivity index (χ1) is 19.8. The second kappa shape index (κ2) is 14.4. The van der Waals surface area contributed by atoms with Gasteiger partial charge in [0.2, 0.25) is 17.7 Å². The molecule has 2 heterocycles. The molecule has 5 amide bonds. The third kappa shape index (κ3) is 8.64. The molecule has 1 aromatic heterocycles. The zero-order valence-electron chi connectivity index (χ0n) is 24.8. The SMILES string of the molecule is CC(C)C[C@H](NC(=O)[C@@H](S)CCCCN1C(=O)c2ccccc2C1=O)C(=O)NC(C(=O)Nc1ccccn1)C(C)(C)C. The van der Waals surface area contributed by atoms with Crippen LogP contribution in [0, 0.1) is 11.3 Å². The monoisotopic (exact) mass is 595 g/mol. The Kier molecular flexibility index (Phi) is 11.3. The van der Waals surface area contributed by atoms with Gasteiger partial charge in [0.05, 0.1) is 16.4 Å². The summed E-state index contributed by atoms with van der Waals surface area (Å²) in [5, 5.41) is 7.70. The summed E-state index contributed by atoms with van der Waals surface area (Å²) in [7, 11) is 0. The van der Waals surface area contributed by atoms with Gasteiger partial charge in [0.15, 0.2) is 0 Å². The normalized spacial score (nSPS) is 15.2. The largest absolute Gasteiger partial charge is 0.343 e. The van der Waals surface area contributed by atoms with Gasteiger partial charge in [-0.15, -0.1) is 0 Å². The Morgan fingerprint density at radius 2 is 1.50 bits per heavy atom. The molecule has 226 valence electrons. The second-order valence-corrected chi connectivity index (χ2v) is 12.6. The summed E-state index contributed by atoms with van der Waals surface area (Å²) in [6, 6.07) is 10.1. The van der Waals surface area contributed by atoms with E-state index in [1.807, 2.05) is 34.6 Å². The minimum Gasteiger partial charge on any atom is -0.343 e. The van der Waals surface area contributed by atoms with E-state index in [0.717, 1.165) is 0 Å². The van der Waals surface area contributed by atoms with Gasteiger partial charge in [-0.25, -0.2) is 4.98 Å². The fourth-order valence-corrected chi connectivity index (χ4v) is 4.96. The minimum atomic E-state index is -0.882. The lowest BCUT2D eigenvalue weighted by Gasteiger charge is -2.32. The van der Waals surface area contributed by atoms with Crippen molar-refractivity contribution in [3.05, 3.63) is 59.8 Å². The number of benzene rings is 1. The Bertz CT molecular complexity index is 1260. The first kappa shape index (κ1) is 32.8. The summed E-state index contributed by atoms with van der Waals surface area (Å²) >= 11 is 4.46. The minimum absolute atomic E-state index is 0.0921. The van der Waals surface area contributed by atoms with Crippen molar-refractivity contribution in [3.8, 4) is 0 Å². The number of carbonyl (C=O) groups excluding carboxylic acids is 5. The Labute approximate surface area is 252 Å². The molecule has 11 heteroatoms. The van der Waals surface area contributed by atoms with Crippen molar-refractivity contribution in [2.24, 2.45) is 11.3 Å². The molecule has 0 spiro atoms. The molecule has 1 unspecified atom stereocenters. The van der Waals surface area contributed by atoms with E-state index in [1.54, 1.807) is 48.7 Å². The van der Waals surface area contributed by atoms with Crippen molar-refractivity contribution in [1.82, 2.24) is 20.5 Å². The molecule has 42 heavy (non-hydrogen) atoms. The third-order valence-corrected chi connectivity index (χ3v) is 7.45. The van der Waals surface area contributed by atoms with Crippen molar-refractivity contribution >= 4 is 48.0 Å². The molecule has 0 fully saturated rings. The first-order valence-electron chi connectivity index (χ1n) is 14.3. The number of unbranched alkanes of at least 4 members (excludes halogenated alkanes) is 1. The van der Waals surface area contributed by atoms with Gasteiger partial charge in [-0.2, -0.15) is 12.6 Å². The lowest BCUT2D eigenvalue weighted by atomic mass is 9.85. The third-order valence-electron chi connectivity index (χ3n) is 6.96. The number of hydrogen-bond acceptors (Lipinski definition) is 7. The van der Waals surface area contributed by atoms with E-state index in [2.05, 4.69) is 33.6 Å². The van der Waals surface area contributed by atoms with E-state index >= 15 is 0 Å². The van der Waals surface area contributed by atoms with Crippen LogP contribution in [0.4, 0.5) is 5.82 Å². The Hall–Kier alpha value is -3.73. The number of pyridine rings is 1. The molecule has 3 rings (SSSR count). The molecular weight excluding hydrogens is 554 g/mol. The molecule has 10 nitrogen and oxygen atoms in total. The summed E-state index contributed by atoms with van der Waals surface area (Å²) in [4.78, 5) is 70.0. The average molecular weight is 596 g/mol. The maximum absolute atomic E-state index is 13.4. The van der Waals surface area contributed by atoms with Crippen molar-refractivity contribution in [2.75, 3.05) is 11.9 Å². The molecule has 0 saturated heterocycles. The Balaban J connectivity index is 1.55. The summed E-state index contributed by atoms with van der Waals surface area (Å²) in [5.41, 5.74) is 0.199. The van der Waals surface area contributed by atoms with Crippen LogP contribution in [0.25, 0.3) is 0 Å². The number of amides is 5. The first-order valence-corrected chi connectivity index (χ1v) is 14.8. The van der Waals surface area contributed by atoms with E-state index in [9.17, 15) is 24.0 Å². The summed E-state index contributed by atoms with van der Waals surface area (Å²) in [6.45, 7) is 9.67. The molecule has 3 atom stereocenters. The van der Waals surface area contributed by atoms with Gasteiger partial charge in [-0.1, -0.05) is 59.2 Å². The predicted molar refractivity (Wildman–Crippen MR) is 164 cm³/mol. The van der Waals surface area contributed by atoms with Gasteiger partial charge in [0, 0.05) is 12.7 Å². The number of anilines is 1. The second-order valence-electron chi connectivity index (χ2n) is 12.0. The topological polar surface area (TPSA) is 138 Å². The Morgan fingerprint density at radius 3 is 2.05 bits per heavy atom.